The number of hydrogen-bond acceptors (Lipinski definition) is 3. The number of amides is 2. The van der Waals surface area contributed by atoms with E-state index in [1.165, 1.54) is 5.56 Å². The summed E-state index contributed by atoms with van der Waals surface area (Å²) in [7, 11) is 3.93. The van der Waals surface area contributed by atoms with Crippen molar-refractivity contribution >= 4 is 23.2 Å². The number of carbonyl (C=O) groups excluding carboxylic acids is 2. The molecule has 5 heteroatoms. The van der Waals surface area contributed by atoms with Gasteiger partial charge >= 0.3 is 11.8 Å². The lowest BCUT2D eigenvalue weighted by atomic mass is 9.87. The normalized spacial score (nSPS) is 11.0. The maximum Gasteiger partial charge on any atom is 0.313 e. The highest BCUT2D eigenvalue weighted by Gasteiger charge is 2.15. The van der Waals surface area contributed by atoms with Crippen LogP contribution in [0, 0.1) is 0 Å². The molecule has 0 aliphatic carbocycles. The second-order valence-corrected chi connectivity index (χ2v) is 7.53. The van der Waals surface area contributed by atoms with Crippen molar-refractivity contribution in [2.45, 2.75) is 32.7 Å². The fourth-order valence-corrected chi connectivity index (χ4v) is 2.42. The third-order valence-electron chi connectivity index (χ3n) is 4.12. The summed E-state index contributed by atoms with van der Waals surface area (Å²) in [4.78, 5) is 26.0. The van der Waals surface area contributed by atoms with Gasteiger partial charge in [0, 0.05) is 32.0 Å². The summed E-state index contributed by atoms with van der Waals surface area (Å²) in [6.07, 6.45) is 0. The fraction of sp³-hybridized carbons (Fsp3) is 0.333. The molecule has 0 fully saturated rings. The topological polar surface area (TPSA) is 61.4 Å². The summed E-state index contributed by atoms with van der Waals surface area (Å²) in [5.41, 5.74) is 3.83. The standard InChI is InChI=1S/C21H27N3O2/c1-21(2,3)16-8-10-17(11-9-16)23-20(26)19(25)22-14-15-6-12-18(13-7-15)24(4)5/h6-13H,14H2,1-5H3,(H,22,25)(H,23,26). The Kier molecular flexibility index (Phi) is 6.03. The summed E-state index contributed by atoms with van der Waals surface area (Å²) in [6, 6.07) is 15.3. The molecule has 5 nitrogen and oxygen atoms in total. The van der Waals surface area contributed by atoms with Crippen LogP contribution >= 0.6 is 0 Å². The SMILES string of the molecule is CN(C)c1ccc(CNC(=O)C(=O)Nc2ccc(C(C)(C)C)cc2)cc1. The van der Waals surface area contributed by atoms with Crippen LogP contribution in [0.4, 0.5) is 11.4 Å². The number of nitrogens with one attached hydrogen (secondary N) is 2. The first-order chi connectivity index (χ1) is 12.2. The van der Waals surface area contributed by atoms with Gasteiger partial charge in [-0.05, 0) is 40.8 Å². The van der Waals surface area contributed by atoms with Crippen LogP contribution in [0.15, 0.2) is 48.5 Å². The van der Waals surface area contributed by atoms with Gasteiger partial charge in [-0.1, -0.05) is 45.0 Å². The molecule has 0 aliphatic rings. The largest absolute Gasteiger partial charge is 0.378 e. The summed E-state index contributed by atoms with van der Waals surface area (Å²) in [6.45, 7) is 6.68. The molecule has 2 aromatic rings. The van der Waals surface area contributed by atoms with Gasteiger partial charge in [0.2, 0.25) is 0 Å². The molecular weight excluding hydrogens is 326 g/mol. The minimum absolute atomic E-state index is 0.0437. The van der Waals surface area contributed by atoms with E-state index in [0.717, 1.165) is 11.3 Å². The fourth-order valence-electron chi connectivity index (χ4n) is 2.42. The molecule has 0 aromatic heterocycles. The number of anilines is 2. The number of rotatable bonds is 4. The van der Waals surface area contributed by atoms with Crippen molar-refractivity contribution in [3.8, 4) is 0 Å². The highest BCUT2D eigenvalue weighted by Crippen LogP contribution is 2.23. The molecule has 0 atom stereocenters. The Labute approximate surface area is 155 Å². The maximum atomic E-state index is 12.0. The van der Waals surface area contributed by atoms with Crippen molar-refractivity contribution in [2.24, 2.45) is 0 Å². The molecule has 0 saturated heterocycles. The van der Waals surface area contributed by atoms with Gasteiger partial charge in [0.25, 0.3) is 0 Å². The lowest BCUT2D eigenvalue weighted by Gasteiger charge is -2.19. The molecule has 0 bridgehead atoms. The first kappa shape index (κ1) is 19.5. The van der Waals surface area contributed by atoms with E-state index < -0.39 is 11.8 Å². The van der Waals surface area contributed by atoms with E-state index in [0.29, 0.717) is 12.2 Å². The Morgan fingerprint density at radius 2 is 1.46 bits per heavy atom. The molecule has 0 heterocycles. The second kappa shape index (κ2) is 8.04. The number of hydrogen-bond donors (Lipinski definition) is 2. The highest BCUT2D eigenvalue weighted by molar-refractivity contribution is 6.39. The average molecular weight is 353 g/mol. The van der Waals surface area contributed by atoms with Crippen molar-refractivity contribution in [1.29, 1.82) is 0 Å². The van der Waals surface area contributed by atoms with Gasteiger partial charge in [-0.25, -0.2) is 0 Å². The molecule has 2 amide bonds. The minimum Gasteiger partial charge on any atom is -0.378 e. The number of nitrogens with zero attached hydrogens (tertiary/aromatic N) is 1. The highest BCUT2D eigenvalue weighted by atomic mass is 16.2. The van der Waals surface area contributed by atoms with Gasteiger partial charge in [0.15, 0.2) is 0 Å². The lowest BCUT2D eigenvalue weighted by Crippen LogP contribution is -2.34. The Balaban J connectivity index is 1.88. The Morgan fingerprint density at radius 1 is 0.885 bits per heavy atom. The van der Waals surface area contributed by atoms with Crippen LogP contribution in [0.1, 0.15) is 31.9 Å². The van der Waals surface area contributed by atoms with Crippen molar-refractivity contribution in [3.05, 3.63) is 59.7 Å². The van der Waals surface area contributed by atoms with E-state index >= 15 is 0 Å². The van der Waals surface area contributed by atoms with Gasteiger partial charge < -0.3 is 15.5 Å². The first-order valence-electron chi connectivity index (χ1n) is 8.63. The van der Waals surface area contributed by atoms with Crippen molar-refractivity contribution in [2.75, 3.05) is 24.3 Å². The van der Waals surface area contributed by atoms with Crippen LogP contribution < -0.4 is 15.5 Å². The lowest BCUT2D eigenvalue weighted by molar-refractivity contribution is -0.136. The molecule has 0 unspecified atom stereocenters. The summed E-state index contributed by atoms with van der Waals surface area (Å²) < 4.78 is 0. The minimum atomic E-state index is -0.668. The summed E-state index contributed by atoms with van der Waals surface area (Å²) in [5, 5.41) is 5.26. The van der Waals surface area contributed by atoms with Gasteiger partial charge in [0.1, 0.15) is 0 Å². The molecular formula is C21H27N3O2. The molecule has 2 N–H and O–H groups in total. The van der Waals surface area contributed by atoms with Crippen LogP contribution in [0.3, 0.4) is 0 Å². The molecule has 2 aromatic carbocycles. The van der Waals surface area contributed by atoms with Crippen LogP contribution in [0.2, 0.25) is 0 Å². The molecule has 2 rings (SSSR count). The van der Waals surface area contributed by atoms with E-state index in [9.17, 15) is 9.59 Å². The van der Waals surface area contributed by atoms with Crippen LogP contribution in [0.25, 0.3) is 0 Å². The van der Waals surface area contributed by atoms with E-state index in [4.69, 9.17) is 0 Å². The van der Waals surface area contributed by atoms with Crippen LogP contribution in [-0.4, -0.2) is 25.9 Å². The molecule has 0 spiro atoms. The third kappa shape index (κ3) is 5.34. The number of benzene rings is 2. The summed E-state index contributed by atoms with van der Waals surface area (Å²) in [5.74, 6) is -1.32. The van der Waals surface area contributed by atoms with Crippen molar-refractivity contribution in [1.82, 2.24) is 5.32 Å². The number of carbonyl (C=O) groups is 2. The van der Waals surface area contributed by atoms with E-state index in [-0.39, 0.29) is 5.41 Å². The van der Waals surface area contributed by atoms with Gasteiger partial charge in [-0.2, -0.15) is 0 Å². The van der Waals surface area contributed by atoms with E-state index in [1.807, 2.05) is 67.5 Å². The Bertz CT molecular complexity index is 757. The van der Waals surface area contributed by atoms with Crippen LogP contribution in [-0.2, 0) is 21.5 Å². The zero-order valence-electron chi connectivity index (χ0n) is 16.1. The van der Waals surface area contributed by atoms with Crippen LogP contribution in [0.5, 0.6) is 0 Å². The molecule has 26 heavy (non-hydrogen) atoms. The van der Waals surface area contributed by atoms with Gasteiger partial charge in [-0.3, -0.25) is 9.59 Å². The quantitative estimate of drug-likeness (QED) is 0.829. The smallest absolute Gasteiger partial charge is 0.313 e. The average Bonchev–Trinajstić information content (AvgIpc) is 2.59. The molecule has 0 saturated carbocycles. The van der Waals surface area contributed by atoms with Gasteiger partial charge in [0.05, 0.1) is 0 Å². The third-order valence-corrected chi connectivity index (χ3v) is 4.12. The Morgan fingerprint density at radius 3 is 1.96 bits per heavy atom. The van der Waals surface area contributed by atoms with Crippen molar-refractivity contribution < 1.29 is 9.59 Å². The zero-order valence-corrected chi connectivity index (χ0v) is 16.1. The zero-order chi connectivity index (χ0) is 19.3. The predicted molar refractivity (Wildman–Crippen MR) is 106 cm³/mol. The molecule has 138 valence electrons. The Hall–Kier alpha value is -2.82. The molecule has 0 aliphatic heterocycles. The first-order valence-corrected chi connectivity index (χ1v) is 8.63. The van der Waals surface area contributed by atoms with E-state index in [1.54, 1.807) is 0 Å². The van der Waals surface area contributed by atoms with E-state index in [2.05, 4.69) is 31.4 Å². The maximum absolute atomic E-state index is 12.0. The molecule has 0 radical (unpaired) electrons. The van der Waals surface area contributed by atoms with Gasteiger partial charge in [-0.15, -0.1) is 0 Å². The predicted octanol–water partition coefficient (Wildman–Crippen LogP) is 3.31. The monoisotopic (exact) mass is 353 g/mol. The van der Waals surface area contributed by atoms with Crippen molar-refractivity contribution in [3.63, 3.8) is 0 Å². The second-order valence-electron chi connectivity index (χ2n) is 7.53. The summed E-state index contributed by atoms with van der Waals surface area (Å²) >= 11 is 0.